The van der Waals surface area contributed by atoms with Gasteiger partial charge in [0, 0.05) is 156 Å². The molecule has 15 rings (SSSR count). The Labute approximate surface area is 637 Å². The largest absolute Gasteiger partial charge is 0.494 e. The van der Waals surface area contributed by atoms with Gasteiger partial charge in [-0.05, 0) is 136 Å². The summed E-state index contributed by atoms with van der Waals surface area (Å²) in [7, 11) is 0.0498. The summed E-state index contributed by atoms with van der Waals surface area (Å²) >= 11 is 1.65. The molecule has 108 heavy (non-hydrogen) atoms. The van der Waals surface area contributed by atoms with Gasteiger partial charge in [0.2, 0.25) is 10.0 Å². The third-order valence-electron chi connectivity index (χ3n) is 20.5. The van der Waals surface area contributed by atoms with E-state index >= 15 is 0 Å². The molecule has 6 aromatic carbocycles. The predicted molar refractivity (Wildman–Crippen MR) is 434 cm³/mol. The number of Topliss-reactive ketones (excluding diaryl/α,β-unsaturated/α-hetero) is 2. The number of thiazole rings is 1. The summed E-state index contributed by atoms with van der Waals surface area (Å²) in [4.78, 5) is 58.0. The molecule has 2 unspecified atom stereocenters. The Balaban J connectivity index is 0.000000143. The van der Waals surface area contributed by atoms with E-state index in [0.29, 0.717) is 18.8 Å². The molecular formula is C85H97N15O6S2. The van der Waals surface area contributed by atoms with Gasteiger partial charge in [-0.25, -0.2) is 27.5 Å². The molecule has 0 spiro atoms. The van der Waals surface area contributed by atoms with Gasteiger partial charge in [0.25, 0.3) is 0 Å². The number of nitrogens with zero attached hydrogens (tertiary/aromatic N) is 14. The highest BCUT2D eigenvalue weighted by atomic mass is 32.2. The van der Waals surface area contributed by atoms with Gasteiger partial charge in [0.15, 0.2) is 0 Å². The van der Waals surface area contributed by atoms with Gasteiger partial charge in [-0.3, -0.25) is 39.2 Å². The smallest absolute Gasteiger partial charge is 0.208 e. The van der Waals surface area contributed by atoms with E-state index in [2.05, 4.69) is 118 Å². The lowest BCUT2D eigenvalue weighted by Gasteiger charge is -2.30. The fraction of sp³-hybridized carbons (Fsp3) is 0.341. The van der Waals surface area contributed by atoms with Crippen LogP contribution in [0, 0.1) is 0 Å². The lowest BCUT2D eigenvalue weighted by molar-refractivity contribution is -0.119. The van der Waals surface area contributed by atoms with E-state index in [1.807, 2.05) is 162 Å². The first kappa shape index (κ1) is 75.9. The molecule has 1 N–H and O–H groups in total. The standard InChI is InChI=1S/C30H35N5O.C28H30N4O2S.C27H32N6O3S/c1-22(2)25-20-24-9-7-13-31-30(24)29(21-25)34-15-8-14-33(17-18-34)28(19-23(3)36)27-12-16-35(32-27)26-10-5-4-6-11-26;1-20(33)18-24(23-19-35-28(30-23)22-8-4-3-5-9-22)31-14-7-15-32(17-16-31)27-25(34-2)12-11-21-10-6-13-29-26(21)27;1-36-25-12-11-21-8-6-14-28-26(21)27(25)32-16-7-15-31(18-19-32)24(20-29-37(2,34)35)23-13-17-33(30-23)22-9-4-3-5-10-22/h4-7,9-13,16,20-22,28H,8,14-15,17-19H2,1-3H3;3-6,8-13,19,24H,7,14-18H2,1-2H3;3-6,8-14,17,24,29H,7,15-16,18-20H2,1-2H3/t28-;;/m1../s1. The van der Waals surface area contributed by atoms with Crippen molar-refractivity contribution >= 4 is 82.7 Å². The summed E-state index contributed by atoms with van der Waals surface area (Å²) in [6.45, 7) is 18.4. The van der Waals surface area contributed by atoms with Crippen molar-refractivity contribution in [2.24, 2.45) is 0 Å². The van der Waals surface area contributed by atoms with Crippen molar-refractivity contribution in [3.05, 3.63) is 235 Å². The van der Waals surface area contributed by atoms with Gasteiger partial charge in [-0.15, -0.1) is 11.3 Å². The normalized spacial score (nSPS) is 15.8. The molecule has 3 fully saturated rings. The Kier molecular flexibility index (Phi) is 25.1. The first-order valence-corrected chi connectivity index (χ1v) is 40.2. The molecule has 0 radical (unpaired) electrons. The van der Waals surface area contributed by atoms with Crippen LogP contribution in [0.5, 0.6) is 11.5 Å². The number of hydrogen-bond acceptors (Lipinski definition) is 19. The Bertz CT molecular complexity index is 5100. The van der Waals surface area contributed by atoms with E-state index in [1.165, 1.54) is 22.9 Å². The zero-order valence-electron chi connectivity index (χ0n) is 62.8. The van der Waals surface area contributed by atoms with Crippen molar-refractivity contribution in [2.75, 3.05) is 120 Å². The minimum Gasteiger partial charge on any atom is -0.494 e. The number of anilines is 3. The van der Waals surface area contributed by atoms with E-state index in [9.17, 15) is 18.0 Å². The molecule has 23 heteroatoms. The molecule has 21 nitrogen and oxygen atoms in total. The highest BCUT2D eigenvalue weighted by Crippen LogP contribution is 2.40. The van der Waals surface area contributed by atoms with Crippen molar-refractivity contribution in [1.29, 1.82) is 0 Å². The van der Waals surface area contributed by atoms with E-state index in [1.54, 1.807) is 39.4 Å². The Morgan fingerprint density at radius 3 is 1.44 bits per heavy atom. The number of pyridine rings is 3. The minimum absolute atomic E-state index is 0.0197. The fourth-order valence-corrected chi connectivity index (χ4v) is 16.4. The number of para-hydroxylation sites is 2. The SMILES string of the molecule is CC(=O)C[C@H](c1ccn(-c2ccccc2)n1)N1CCCN(c2cc(C(C)C)cc3cccnc23)CC1.COc1ccc2cccnc2c1N1CCCN(C(CC(C)=O)c2csc(-c3ccccc3)n2)CC1.COc1ccc2cccnc2c1N1CCCN(C(CNS(C)(=O)=O)c2ccn(-c3ccccc3)n2)CC1. The van der Waals surface area contributed by atoms with Gasteiger partial charge in [0.05, 0.1) is 89.3 Å². The number of ketones is 2. The lowest BCUT2D eigenvalue weighted by Crippen LogP contribution is -2.40. The van der Waals surface area contributed by atoms with Crippen LogP contribution in [0.15, 0.2) is 212 Å². The predicted octanol–water partition coefficient (Wildman–Crippen LogP) is 14.6. The van der Waals surface area contributed by atoms with Crippen LogP contribution in [-0.4, -0.2) is 180 Å². The van der Waals surface area contributed by atoms with Crippen molar-refractivity contribution in [3.63, 3.8) is 0 Å². The van der Waals surface area contributed by atoms with Gasteiger partial charge >= 0.3 is 0 Å². The summed E-state index contributed by atoms with van der Waals surface area (Å²) < 4.78 is 41.9. The molecule has 3 aliphatic rings. The van der Waals surface area contributed by atoms with E-state index < -0.39 is 10.0 Å². The number of benzene rings is 6. The van der Waals surface area contributed by atoms with Gasteiger partial charge in [-0.1, -0.05) is 98.8 Å². The molecule has 6 aromatic heterocycles. The zero-order valence-corrected chi connectivity index (χ0v) is 64.4. The summed E-state index contributed by atoms with van der Waals surface area (Å²) in [6, 6.07) is 59.0. The Hall–Kier alpha value is -10.3. The molecule has 3 atom stereocenters. The van der Waals surface area contributed by atoms with Crippen molar-refractivity contribution in [2.45, 2.75) is 83.8 Å². The molecule has 0 aliphatic carbocycles. The van der Waals surface area contributed by atoms with Crippen LogP contribution in [0.1, 0.15) is 106 Å². The van der Waals surface area contributed by atoms with Crippen LogP contribution >= 0.6 is 11.3 Å². The molecule has 9 heterocycles. The average Bonchev–Trinajstić information content (AvgIpc) is 1.42. The second kappa shape index (κ2) is 35.6. The lowest BCUT2D eigenvalue weighted by atomic mass is 9.99. The van der Waals surface area contributed by atoms with Crippen LogP contribution in [0.25, 0.3) is 54.7 Å². The molecule has 3 saturated heterocycles. The number of carbonyl (C=O) groups excluding carboxylic acids is 2. The second-order valence-corrected chi connectivity index (χ2v) is 30.9. The fourth-order valence-electron chi connectivity index (χ4n) is 15.0. The highest BCUT2D eigenvalue weighted by molar-refractivity contribution is 7.88. The van der Waals surface area contributed by atoms with E-state index in [4.69, 9.17) is 29.6 Å². The third-order valence-corrected chi connectivity index (χ3v) is 22.1. The Morgan fingerprint density at radius 2 is 0.944 bits per heavy atom. The number of ether oxygens (including phenoxy) is 2. The van der Waals surface area contributed by atoms with Gasteiger partial charge in [-0.2, -0.15) is 10.2 Å². The van der Waals surface area contributed by atoms with Gasteiger partial charge < -0.3 is 24.2 Å². The van der Waals surface area contributed by atoms with E-state index in [-0.39, 0.29) is 36.2 Å². The number of rotatable bonds is 22. The van der Waals surface area contributed by atoms with Crippen LogP contribution < -0.4 is 28.9 Å². The van der Waals surface area contributed by atoms with Crippen molar-refractivity contribution < 1.29 is 27.5 Å². The summed E-state index contributed by atoms with van der Waals surface area (Å²) in [5, 5.41) is 16.2. The summed E-state index contributed by atoms with van der Waals surface area (Å²) in [6.07, 6.45) is 14.5. The van der Waals surface area contributed by atoms with Crippen LogP contribution in [0.3, 0.4) is 0 Å². The topological polar surface area (TPSA) is 205 Å². The Morgan fingerprint density at radius 1 is 0.491 bits per heavy atom. The molecule has 560 valence electrons. The molecule has 3 aliphatic heterocycles. The average molecular weight is 1490 g/mol. The van der Waals surface area contributed by atoms with E-state index in [0.717, 1.165) is 187 Å². The van der Waals surface area contributed by atoms with Crippen LogP contribution in [-0.2, 0) is 19.6 Å². The number of carbonyl (C=O) groups is 2. The number of sulfonamides is 1. The first-order valence-electron chi connectivity index (χ1n) is 37.4. The molecule has 0 saturated carbocycles. The second-order valence-electron chi connectivity index (χ2n) is 28.2. The number of nitrogens with one attached hydrogen (secondary N) is 1. The number of methoxy groups -OCH3 is 2. The molecule has 12 aromatic rings. The summed E-state index contributed by atoms with van der Waals surface area (Å²) in [5.74, 6) is 2.48. The summed E-state index contributed by atoms with van der Waals surface area (Å²) in [5.41, 5.74) is 13.4. The quantitative estimate of drug-likeness (QED) is 0.0669. The third kappa shape index (κ3) is 18.6. The van der Waals surface area contributed by atoms with Crippen LogP contribution in [0.2, 0.25) is 0 Å². The first-order chi connectivity index (χ1) is 52.6. The maximum absolute atomic E-state index is 12.3. The van der Waals surface area contributed by atoms with Crippen molar-refractivity contribution in [3.8, 4) is 33.4 Å². The molecule has 0 bridgehead atoms. The maximum atomic E-state index is 12.3. The zero-order chi connectivity index (χ0) is 75.1. The number of aromatic nitrogens is 8. The van der Waals surface area contributed by atoms with Gasteiger partial charge in [0.1, 0.15) is 39.4 Å². The minimum atomic E-state index is -3.35. The maximum Gasteiger partial charge on any atom is 0.208 e. The number of fused-ring (bicyclic) bond motifs is 3. The molecule has 0 amide bonds. The highest BCUT2D eigenvalue weighted by Gasteiger charge is 2.32. The molecular weight excluding hydrogens is 1390 g/mol. The monoisotopic (exact) mass is 1490 g/mol. The number of hydrogen-bond donors (Lipinski definition) is 1. The van der Waals surface area contributed by atoms with Crippen molar-refractivity contribution in [1.82, 2.24) is 58.9 Å². The van der Waals surface area contributed by atoms with Crippen LogP contribution in [0.4, 0.5) is 17.1 Å².